The van der Waals surface area contributed by atoms with Crippen LogP contribution in [0.2, 0.25) is 0 Å². The van der Waals surface area contributed by atoms with Crippen LogP contribution < -0.4 is 4.74 Å². The zero-order valence-corrected chi connectivity index (χ0v) is 13.7. The summed E-state index contributed by atoms with van der Waals surface area (Å²) in [6.45, 7) is 1.72. The van der Waals surface area contributed by atoms with Crippen LogP contribution in [0.4, 0.5) is 4.39 Å². The van der Waals surface area contributed by atoms with Gasteiger partial charge in [-0.15, -0.1) is 0 Å². The van der Waals surface area contributed by atoms with Gasteiger partial charge in [-0.2, -0.15) is 0 Å². The zero-order valence-electron chi connectivity index (χ0n) is 12.1. The van der Waals surface area contributed by atoms with Gasteiger partial charge in [0.1, 0.15) is 0 Å². The molecule has 1 unspecified atom stereocenters. The van der Waals surface area contributed by atoms with E-state index in [2.05, 4.69) is 15.9 Å². The van der Waals surface area contributed by atoms with Gasteiger partial charge in [-0.1, -0.05) is 40.2 Å². The van der Waals surface area contributed by atoms with Crippen molar-refractivity contribution in [2.75, 3.05) is 7.11 Å². The molecule has 0 aliphatic rings. The number of methoxy groups -OCH3 is 1. The number of ether oxygens (including phenoxy) is 1. The highest BCUT2D eigenvalue weighted by Gasteiger charge is 2.24. The second-order valence-electron chi connectivity index (χ2n) is 5.41. The Bertz CT molecular complexity index is 609. The Labute approximate surface area is 132 Å². The SMILES string of the molecule is COc1cccc(CC(C)(O)Cc2ccc(Br)cc2)c1F. The molecule has 2 aromatic carbocycles. The number of rotatable bonds is 5. The molecule has 2 rings (SSSR count). The molecule has 2 aromatic rings. The predicted molar refractivity (Wildman–Crippen MR) is 85.1 cm³/mol. The minimum absolute atomic E-state index is 0.201. The Morgan fingerprint density at radius 3 is 2.43 bits per heavy atom. The van der Waals surface area contributed by atoms with Crippen molar-refractivity contribution in [3.63, 3.8) is 0 Å². The second-order valence-corrected chi connectivity index (χ2v) is 6.33. The fourth-order valence-electron chi connectivity index (χ4n) is 2.37. The van der Waals surface area contributed by atoms with E-state index in [4.69, 9.17) is 4.74 Å². The Morgan fingerprint density at radius 1 is 1.14 bits per heavy atom. The van der Waals surface area contributed by atoms with Crippen molar-refractivity contribution in [2.24, 2.45) is 0 Å². The summed E-state index contributed by atoms with van der Waals surface area (Å²) in [5.41, 5.74) is 0.434. The van der Waals surface area contributed by atoms with E-state index in [1.54, 1.807) is 25.1 Å². The Morgan fingerprint density at radius 2 is 1.81 bits per heavy atom. The van der Waals surface area contributed by atoms with Crippen molar-refractivity contribution in [1.29, 1.82) is 0 Å². The average molecular weight is 353 g/mol. The van der Waals surface area contributed by atoms with Gasteiger partial charge in [0.25, 0.3) is 0 Å². The maximum atomic E-state index is 14.2. The molecule has 1 N–H and O–H groups in total. The second kappa shape index (κ2) is 6.58. The number of hydrogen-bond donors (Lipinski definition) is 1. The van der Waals surface area contributed by atoms with Gasteiger partial charge < -0.3 is 9.84 Å². The lowest BCUT2D eigenvalue weighted by Gasteiger charge is -2.24. The van der Waals surface area contributed by atoms with E-state index in [0.29, 0.717) is 12.0 Å². The maximum Gasteiger partial charge on any atom is 0.168 e. The summed E-state index contributed by atoms with van der Waals surface area (Å²) in [4.78, 5) is 0. The molecule has 0 radical (unpaired) electrons. The summed E-state index contributed by atoms with van der Waals surface area (Å²) in [5.74, 6) is -0.206. The molecule has 0 spiro atoms. The minimum Gasteiger partial charge on any atom is -0.494 e. The first-order valence-electron chi connectivity index (χ1n) is 6.69. The van der Waals surface area contributed by atoms with Crippen molar-refractivity contribution in [1.82, 2.24) is 0 Å². The van der Waals surface area contributed by atoms with Crippen LogP contribution in [0.1, 0.15) is 18.1 Å². The van der Waals surface area contributed by atoms with Crippen LogP contribution in [0.5, 0.6) is 5.75 Å². The third-order valence-electron chi connectivity index (χ3n) is 3.33. The fraction of sp³-hybridized carbons (Fsp3) is 0.294. The first-order valence-corrected chi connectivity index (χ1v) is 7.49. The summed E-state index contributed by atoms with van der Waals surface area (Å²) in [5, 5.41) is 10.6. The molecule has 0 aliphatic carbocycles. The third-order valence-corrected chi connectivity index (χ3v) is 3.86. The quantitative estimate of drug-likeness (QED) is 0.876. The van der Waals surface area contributed by atoms with E-state index in [9.17, 15) is 9.50 Å². The number of hydrogen-bond acceptors (Lipinski definition) is 2. The highest BCUT2D eigenvalue weighted by molar-refractivity contribution is 9.10. The average Bonchev–Trinajstić information content (AvgIpc) is 2.43. The molecule has 112 valence electrons. The summed E-state index contributed by atoms with van der Waals surface area (Å²) in [6.07, 6.45) is 0.684. The molecule has 0 heterocycles. The van der Waals surface area contributed by atoms with Crippen molar-refractivity contribution in [3.05, 3.63) is 63.9 Å². The molecular formula is C17H18BrFO2. The monoisotopic (exact) mass is 352 g/mol. The van der Waals surface area contributed by atoms with E-state index in [1.165, 1.54) is 7.11 Å². The predicted octanol–water partition coefficient (Wildman–Crippen LogP) is 4.13. The van der Waals surface area contributed by atoms with E-state index < -0.39 is 11.4 Å². The fourth-order valence-corrected chi connectivity index (χ4v) is 2.63. The van der Waals surface area contributed by atoms with Gasteiger partial charge in [0.05, 0.1) is 12.7 Å². The smallest absolute Gasteiger partial charge is 0.168 e. The molecule has 1 atom stereocenters. The highest BCUT2D eigenvalue weighted by atomic mass is 79.9. The topological polar surface area (TPSA) is 29.5 Å². The Kier molecular flexibility index (Phi) is 5.01. The van der Waals surface area contributed by atoms with Crippen molar-refractivity contribution in [2.45, 2.75) is 25.4 Å². The van der Waals surface area contributed by atoms with Gasteiger partial charge in [0, 0.05) is 17.3 Å². The first kappa shape index (κ1) is 16.0. The summed E-state index contributed by atoms with van der Waals surface area (Å²) in [7, 11) is 1.43. The van der Waals surface area contributed by atoms with Crippen molar-refractivity contribution >= 4 is 15.9 Å². The molecule has 0 saturated heterocycles. The number of benzene rings is 2. The van der Waals surface area contributed by atoms with Crippen LogP contribution in [-0.2, 0) is 12.8 Å². The zero-order chi connectivity index (χ0) is 15.5. The van der Waals surface area contributed by atoms with Crippen LogP contribution in [-0.4, -0.2) is 17.8 Å². The first-order chi connectivity index (χ1) is 9.91. The molecule has 0 amide bonds. The maximum absolute atomic E-state index is 14.2. The van der Waals surface area contributed by atoms with E-state index in [-0.39, 0.29) is 12.2 Å². The van der Waals surface area contributed by atoms with Crippen LogP contribution in [0, 0.1) is 5.82 Å². The molecule has 0 fully saturated rings. The van der Waals surface area contributed by atoms with Gasteiger partial charge in [-0.3, -0.25) is 0 Å². The third kappa shape index (κ3) is 4.29. The van der Waals surface area contributed by atoms with Gasteiger partial charge in [0.2, 0.25) is 0 Å². The molecule has 0 aromatic heterocycles. The standard InChI is InChI=1S/C17H18BrFO2/c1-17(20,10-12-6-8-14(18)9-7-12)11-13-4-3-5-15(21-2)16(13)19/h3-9,20H,10-11H2,1-2H3. The Balaban J connectivity index is 2.15. The normalized spacial score (nSPS) is 13.8. The van der Waals surface area contributed by atoms with Crippen molar-refractivity contribution < 1.29 is 14.2 Å². The largest absolute Gasteiger partial charge is 0.494 e. The highest BCUT2D eigenvalue weighted by Crippen LogP contribution is 2.25. The molecule has 0 saturated carbocycles. The van der Waals surface area contributed by atoms with E-state index in [0.717, 1.165) is 10.0 Å². The molecule has 0 aliphatic heterocycles. The molecule has 4 heteroatoms. The molecule has 0 bridgehead atoms. The minimum atomic E-state index is -1.03. The molecule has 21 heavy (non-hydrogen) atoms. The van der Waals surface area contributed by atoms with Crippen LogP contribution in [0.15, 0.2) is 46.9 Å². The van der Waals surface area contributed by atoms with E-state index >= 15 is 0 Å². The van der Waals surface area contributed by atoms with Gasteiger partial charge >= 0.3 is 0 Å². The molecule has 2 nitrogen and oxygen atoms in total. The lowest BCUT2D eigenvalue weighted by atomic mass is 9.89. The van der Waals surface area contributed by atoms with Gasteiger partial charge in [0.15, 0.2) is 11.6 Å². The number of halogens is 2. The Hall–Kier alpha value is -1.39. The molecular weight excluding hydrogens is 335 g/mol. The lowest BCUT2D eigenvalue weighted by Crippen LogP contribution is -2.30. The van der Waals surface area contributed by atoms with Gasteiger partial charge in [-0.05, 0) is 36.2 Å². The number of aliphatic hydroxyl groups is 1. The van der Waals surface area contributed by atoms with Crippen LogP contribution in [0.25, 0.3) is 0 Å². The van der Waals surface area contributed by atoms with Gasteiger partial charge in [-0.25, -0.2) is 4.39 Å². The summed E-state index contributed by atoms with van der Waals surface area (Å²) >= 11 is 3.38. The van der Waals surface area contributed by atoms with Crippen LogP contribution in [0.3, 0.4) is 0 Å². The summed E-state index contributed by atoms with van der Waals surface area (Å²) < 4.78 is 20.1. The lowest BCUT2D eigenvalue weighted by molar-refractivity contribution is 0.0598. The summed E-state index contributed by atoms with van der Waals surface area (Å²) in [6, 6.07) is 12.7. The van der Waals surface area contributed by atoms with Crippen LogP contribution >= 0.6 is 15.9 Å². The van der Waals surface area contributed by atoms with E-state index in [1.807, 2.05) is 24.3 Å². The van der Waals surface area contributed by atoms with Crippen molar-refractivity contribution in [3.8, 4) is 5.75 Å².